The minimum Gasteiger partial charge on any atom is -0.340 e. The van der Waals surface area contributed by atoms with Gasteiger partial charge in [-0.1, -0.05) is 6.07 Å². The molecule has 0 radical (unpaired) electrons. The zero-order chi connectivity index (χ0) is 18.0. The van der Waals surface area contributed by atoms with Crippen molar-refractivity contribution in [2.75, 3.05) is 26.2 Å². The lowest BCUT2D eigenvalue weighted by Gasteiger charge is -2.33. The first-order valence-corrected chi connectivity index (χ1v) is 11.0. The molecule has 3 heterocycles. The first-order valence-electron chi connectivity index (χ1n) is 7.89. The molecular weight excluding hydrogens is 428 g/mol. The van der Waals surface area contributed by atoms with E-state index in [0.717, 1.165) is 10.2 Å². The van der Waals surface area contributed by atoms with Crippen LogP contribution in [0.2, 0.25) is 0 Å². The number of piperazine rings is 1. The summed E-state index contributed by atoms with van der Waals surface area (Å²) in [6, 6.07) is 3.34. The van der Waals surface area contributed by atoms with Crippen LogP contribution in [0, 0.1) is 6.92 Å². The van der Waals surface area contributed by atoms with E-state index in [1.165, 1.54) is 15.6 Å². The van der Waals surface area contributed by atoms with Crippen molar-refractivity contribution in [3.05, 3.63) is 33.9 Å². The molecule has 1 fully saturated rings. The highest BCUT2D eigenvalue weighted by Gasteiger charge is 2.30. The topological polar surface area (TPSA) is 75.5 Å². The first-order chi connectivity index (χ1) is 11.9. The van der Waals surface area contributed by atoms with E-state index >= 15 is 0 Å². The molecule has 0 aromatic carbocycles. The molecule has 0 atom stereocenters. The molecule has 0 unspecified atom stereocenters. The van der Waals surface area contributed by atoms with Crippen molar-refractivity contribution < 1.29 is 13.2 Å². The maximum atomic E-state index is 12.5. The van der Waals surface area contributed by atoms with Gasteiger partial charge < -0.3 is 4.90 Å². The largest absolute Gasteiger partial charge is 0.340 e. The zero-order valence-corrected chi connectivity index (χ0v) is 17.0. The summed E-state index contributed by atoms with van der Waals surface area (Å²) in [6.07, 6.45) is 2.21. The van der Waals surface area contributed by atoms with Gasteiger partial charge in [-0.3, -0.25) is 9.48 Å². The lowest BCUT2D eigenvalue weighted by molar-refractivity contribution is -0.132. The van der Waals surface area contributed by atoms with Crippen LogP contribution in [0.4, 0.5) is 0 Å². The zero-order valence-electron chi connectivity index (χ0n) is 13.8. The Labute approximate surface area is 159 Å². The molecule has 0 saturated carbocycles. The monoisotopic (exact) mass is 446 g/mol. The van der Waals surface area contributed by atoms with Gasteiger partial charge in [-0.25, -0.2) is 8.42 Å². The Balaban J connectivity index is 1.52. The van der Waals surface area contributed by atoms with Crippen LogP contribution in [0.15, 0.2) is 32.4 Å². The summed E-state index contributed by atoms with van der Waals surface area (Å²) in [5.41, 5.74) is 0.889. The standard InChI is InChI=1S/C15H19BrN4O3S2/c1-12-13(16)11-19(17-12)5-4-14(21)18-6-8-20(9-7-18)25(22,23)15-3-2-10-24-15/h2-3,10-11H,4-9H2,1H3. The molecule has 0 aliphatic carbocycles. The van der Waals surface area contributed by atoms with Crippen LogP contribution in [0.25, 0.3) is 0 Å². The number of amides is 1. The molecule has 7 nitrogen and oxygen atoms in total. The van der Waals surface area contributed by atoms with Gasteiger partial charge in [0.05, 0.1) is 10.2 Å². The molecule has 25 heavy (non-hydrogen) atoms. The van der Waals surface area contributed by atoms with Crippen molar-refractivity contribution in [1.29, 1.82) is 0 Å². The number of aryl methyl sites for hydroxylation is 2. The number of carbonyl (C=O) groups excluding carboxylic acids is 1. The van der Waals surface area contributed by atoms with E-state index in [1.54, 1.807) is 27.1 Å². The maximum absolute atomic E-state index is 12.5. The second-order valence-corrected chi connectivity index (χ2v) is 9.76. The molecule has 2 aromatic rings. The van der Waals surface area contributed by atoms with Gasteiger partial charge in [-0.2, -0.15) is 9.40 Å². The molecule has 10 heteroatoms. The molecule has 2 aromatic heterocycles. The van der Waals surface area contributed by atoms with E-state index in [9.17, 15) is 13.2 Å². The van der Waals surface area contributed by atoms with Crippen molar-refractivity contribution in [2.45, 2.75) is 24.1 Å². The number of halogens is 1. The number of hydrogen-bond acceptors (Lipinski definition) is 5. The lowest BCUT2D eigenvalue weighted by Crippen LogP contribution is -2.50. The highest BCUT2D eigenvalue weighted by molar-refractivity contribution is 9.10. The van der Waals surface area contributed by atoms with Gasteiger partial charge in [0.25, 0.3) is 10.0 Å². The van der Waals surface area contributed by atoms with Gasteiger partial charge in [0.15, 0.2) is 0 Å². The first kappa shape index (κ1) is 18.6. The quantitative estimate of drug-likeness (QED) is 0.702. The number of hydrogen-bond donors (Lipinski definition) is 0. The second kappa shape index (κ2) is 7.56. The van der Waals surface area contributed by atoms with Crippen LogP contribution in [0.3, 0.4) is 0 Å². The Morgan fingerprint density at radius 2 is 2.04 bits per heavy atom. The average Bonchev–Trinajstić information content (AvgIpc) is 3.24. The third-order valence-electron chi connectivity index (χ3n) is 4.12. The summed E-state index contributed by atoms with van der Waals surface area (Å²) >= 11 is 4.62. The molecule has 0 bridgehead atoms. The Hall–Kier alpha value is -1.23. The minimum atomic E-state index is -3.43. The fourth-order valence-corrected chi connectivity index (χ4v) is 5.57. The SMILES string of the molecule is Cc1nn(CCC(=O)N2CCN(S(=O)(=O)c3cccs3)CC2)cc1Br. The number of carbonyl (C=O) groups is 1. The van der Waals surface area contributed by atoms with E-state index in [4.69, 9.17) is 0 Å². The highest BCUT2D eigenvalue weighted by atomic mass is 79.9. The molecule has 1 saturated heterocycles. The van der Waals surface area contributed by atoms with Crippen LogP contribution in [0.5, 0.6) is 0 Å². The third-order valence-corrected chi connectivity index (χ3v) is 8.17. The van der Waals surface area contributed by atoms with Crippen LogP contribution < -0.4 is 0 Å². The molecule has 136 valence electrons. The Morgan fingerprint density at radius 1 is 1.32 bits per heavy atom. The summed E-state index contributed by atoms with van der Waals surface area (Å²) in [7, 11) is -3.43. The number of aromatic nitrogens is 2. The highest BCUT2D eigenvalue weighted by Crippen LogP contribution is 2.22. The van der Waals surface area contributed by atoms with Crippen molar-refractivity contribution in [3.8, 4) is 0 Å². The van der Waals surface area contributed by atoms with Crippen molar-refractivity contribution in [2.24, 2.45) is 0 Å². The van der Waals surface area contributed by atoms with Crippen molar-refractivity contribution >= 4 is 43.2 Å². The van der Waals surface area contributed by atoms with Crippen LogP contribution in [-0.4, -0.2) is 59.5 Å². The number of nitrogens with zero attached hydrogens (tertiary/aromatic N) is 4. The van der Waals surface area contributed by atoms with E-state index in [1.807, 2.05) is 13.1 Å². The molecule has 1 aliphatic heterocycles. The van der Waals surface area contributed by atoms with Gasteiger partial charge in [0.1, 0.15) is 4.21 Å². The third kappa shape index (κ3) is 4.13. The van der Waals surface area contributed by atoms with E-state index < -0.39 is 10.0 Å². The molecule has 1 amide bonds. The molecule has 0 N–H and O–H groups in total. The van der Waals surface area contributed by atoms with E-state index in [-0.39, 0.29) is 5.91 Å². The lowest BCUT2D eigenvalue weighted by atomic mass is 10.3. The van der Waals surface area contributed by atoms with Crippen LogP contribution >= 0.6 is 27.3 Å². The smallest absolute Gasteiger partial charge is 0.252 e. The Kier molecular flexibility index (Phi) is 5.62. The average molecular weight is 447 g/mol. The van der Waals surface area contributed by atoms with Gasteiger partial charge in [0.2, 0.25) is 5.91 Å². The van der Waals surface area contributed by atoms with Crippen molar-refractivity contribution in [1.82, 2.24) is 19.0 Å². The molecule has 1 aliphatic rings. The summed E-state index contributed by atoms with van der Waals surface area (Å²) in [6.45, 7) is 3.92. The molecular formula is C15H19BrN4O3S2. The van der Waals surface area contributed by atoms with Gasteiger partial charge >= 0.3 is 0 Å². The van der Waals surface area contributed by atoms with Gasteiger partial charge in [-0.15, -0.1) is 11.3 Å². The minimum absolute atomic E-state index is 0.0254. The number of sulfonamides is 1. The predicted molar refractivity (Wildman–Crippen MR) is 98.9 cm³/mol. The Morgan fingerprint density at radius 3 is 2.60 bits per heavy atom. The van der Waals surface area contributed by atoms with Gasteiger partial charge in [-0.05, 0) is 34.3 Å². The van der Waals surface area contributed by atoms with Crippen LogP contribution in [-0.2, 0) is 21.4 Å². The molecule has 0 spiro atoms. The number of rotatable bonds is 5. The summed E-state index contributed by atoms with van der Waals surface area (Å²) < 4.78 is 29.5. The predicted octanol–water partition coefficient (Wildman–Crippen LogP) is 1.94. The van der Waals surface area contributed by atoms with Crippen LogP contribution in [0.1, 0.15) is 12.1 Å². The fraction of sp³-hybridized carbons (Fsp3) is 0.467. The molecule has 3 rings (SSSR count). The Bertz CT molecular complexity index is 821. The van der Waals surface area contributed by atoms with E-state index in [2.05, 4.69) is 21.0 Å². The normalized spacial score (nSPS) is 16.3. The maximum Gasteiger partial charge on any atom is 0.252 e. The fourth-order valence-electron chi connectivity index (χ4n) is 2.69. The second-order valence-electron chi connectivity index (χ2n) is 5.79. The number of thiophene rings is 1. The van der Waals surface area contributed by atoms with Gasteiger partial charge in [0, 0.05) is 45.3 Å². The summed E-state index contributed by atoms with van der Waals surface area (Å²) in [5.74, 6) is 0.0254. The van der Waals surface area contributed by atoms with E-state index in [0.29, 0.717) is 43.4 Å². The van der Waals surface area contributed by atoms with Crippen molar-refractivity contribution in [3.63, 3.8) is 0 Å². The summed E-state index contributed by atoms with van der Waals surface area (Å²) in [5, 5.41) is 6.06. The summed E-state index contributed by atoms with van der Waals surface area (Å²) in [4.78, 5) is 14.1.